The van der Waals surface area contributed by atoms with Crippen LogP contribution in [0.2, 0.25) is 0 Å². The molecule has 0 saturated carbocycles. The van der Waals surface area contributed by atoms with Crippen LogP contribution in [0.3, 0.4) is 0 Å². The highest BCUT2D eigenvalue weighted by Gasteiger charge is 2.19. The maximum atomic E-state index is 13.3. The van der Waals surface area contributed by atoms with Gasteiger partial charge in [0.1, 0.15) is 0 Å². The summed E-state index contributed by atoms with van der Waals surface area (Å²) in [6, 6.07) is 0. The van der Waals surface area contributed by atoms with Crippen LogP contribution in [0.4, 0.5) is 0 Å². The molecular weight excluding hydrogens is 1160 g/mol. The summed E-state index contributed by atoms with van der Waals surface area (Å²) in [4.78, 5) is 90.0. The lowest BCUT2D eigenvalue weighted by Gasteiger charge is -2.27. The van der Waals surface area contributed by atoms with Gasteiger partial charge in [-0.3, -0.25) is 28.8 Å². The number of carbonyl (C=O) groups is 6. The first-order chi connectivity index (χ1) is 44.8. The SMILES string of the molecule is CCCCCCCCCCCCOC(=O)CCN(CCC(=O)OCCCCCCCCCCCC)CCN(C)CCC(=O)N(C)CCN(C)C(=O)CCN(C)CCN(CCC(=O)OCCCCCCCCCCCC)CCC(=O)OCCCCCCCCCCCC. The van der Waals surface area contributed by atoms with E-state index in [-0.39, 0.29) is 61.4 Å². The predicted octanol–water partition coefficient (Wildman–Crippen LogP) is 16.6. The summed E-state index contributed by atoms with van der Waals surface area (Å²) in [5, 5.41) is 0. The fourth-order valence-electron chi connectivity index (χ4n) is 11.4. The molecule has 0 fully saturated rings. The van der Waals surface area contributed by atoms with Crippen molar-refractivity contribution in [2.45, 2.75) is 323 Å². The number of ether oxygens (including phenoxy) is 4. The third-order valence-corrected chi connectivity index (χ3v) is 18.2. The Morgan fingerprint density at radius 1 is 0.217 bits per heavy atom. The first-order valence-corrected chi connectivity index (χ1v) is 38.7. The molecule has 92 heavy (non-hydrogen) atoms. The Balaban J connectivity index is 5.05. The van der Waals surface area contributed by atoms with Crippen molar-refractivity contribution < 1.29 is 47.7 Å². The molecule has 16 heteroatoms. The quantitative estimate of drug-likeness (QED) is 0.0322. The minimum absolute atomic E-state index is 0.00107. The van der Waals surface area contributed by atoms with E-state index in [0.717, 1.165) is 51.4 Å². The van der Waals surface area contributed by atoms with E-state index in [1.165, 1.54) is 205 Å². The first-order valence-electron chi connectivity index (χ1n) is 38.7. The molecule has 0 rings (SSSR count). The number of unbranched alkanes of at least 4 members (excludes halogenated alkanes) is 36. The maximum absolute atomic E-state index is 13.3. The number of amides is 2. The van der Waals surface area contributed by atoms with Crippen molar-refractivity contribution in [3.8, 4) is 0 Å². The van der Waals surface area contributed by atoms with Gasteiger partial charge >= 0.3 is 23.9 Å². The third kappa shape index (κ3) is 61.5. The molecule has 0 saturated heterocycles. The number of hydrogen-bond acceptors (Lipinski definition) is 14. The van der Waals surface area contributed by atoms with E-state index < -0.39 is 0 Å². The number of likely N-dealkylation sites (N-methyl/N-ethyl adjacent to an activating group) is 4. The molecule has 0 heterocycles. The first kappa shape index (κ1) is 88.7. The molecule has 0 atom stereocenters. The molecule has 0 aromatic carbocycles. The predicted molar refractivity (Wildman–Crippen MR) is 382 cm³/mol. The molecule has 0 aliphatic rings. The average molecular weight is 1310 g/mol. The second-order valence-electron chi connectivity index (χ2n) is 27.0. The second kappa shape index (κ2) is 67.6. The molecule has 2 amide bonds. The van der Waals surface area contributed by atoms with Crippen molar-refractivity contribution in [3.05, 3.63) is 0 Å². The van der Waals surface area contributed by atoms with Gasteiger partial charge < -0.3 is 48.3 Å². The van der Waals surface area contributed by atoms with Gasteiger partial charge in [-0.05, 0) is 39.8 Å². The monoisotopic (exact) mass is 1310 g/mol. The zero-order valence-corrected chi connectivity index (χ0v) is 61.6. The molecule has 0 unspecified atom stereocenters. The van der Waals surface area contributed by atoms with Crippen LogP contribution in [0.25, 0.3) is 0 Å². The molecule has 0 aliphatic carbocycles. The summed E-state index contributed by atoms with van der Waals surface area (Å²) < 4.78 is 22.5. The summed E-state index contributed by atoms with van der Waals surface area (Å²) in [5.74, 6) is -0.843. The smallest absolute Gasteiger partial charge is 0.307 e. The van der Waals surface area contributed by atoms with Crippen molar-refractivity contribution in [1.82, 2.24) is 29.4 Å². The Morgan fingerprint density at radius 2 is 0.413 bits per heavy atom. The molecule has 0 spiro atoms. The Labute approximate surface area is 566 Å². The van der Waals surface area contributed by atoms with E-state index in [9.17, 15) is 28.8 Å². The van der Waals surface area contributed by atoms with Gasteiger partial charge in [-0.1, -0.05) is 259 Å². The molecule has 542 valence electrons. The van der Waals surface area contributed by atoms with E-state index >= 15 is 0 Å². The van der Waals surface area contributed by atoms with Crippen LogP contribution >= 0.6 is 0 Å². The Kier molecular flexibility index (Phi) is 65.2. The molecular formula is C76H148N6O10. The zero-order valence-electron chi connectivity index (χ0n) is 61.6. The summed E-state index contributed by atoms with van der Waals surface area (Å²) in [6.07, 6.45) is 50.6. The van der Waals surface area contributed by atoms with Crippen LogP contribution in [0, 0.1) is 0 Å². The van der Waals surface area contributed by atoms with Crippen LogP contribution in [-0.4, -0.2) is 198 Å². The molecule has 0 aromatic heterocycles. The van der Waals surface area contributed by atoms with Gasteiger partial charge in [0.25, 0.3) is 0 Å². The third-order valence-electron chi connectivity index (χ3n) is 18.2. The van der Waals surface area contributed by atoms with Gasteiger partial charge in [-0.25, -0.2) is 0 Å². The maximum Gasteiger partial charge on any atom is 0.307 e. The molecule has 0 radical (unpaired) electrons. The lowest BCUT2D eigenvalue weighted by atomic mass is 10.1. The van der Waals surface area contributed by atoms with E-state index in [0.29, 0.717) is 118 Å². The zero-order chi connectivity index (χ0) is 67.6. The largest absolute Gasteiger partial charge is 0.466 e. The van der Waals surface area contributed by atoms with Crippen molar-refractivity contribution in [3.63, 3.8) is 0 Å². The van der Waals surface area contributed by atoms with Gasteiger partial charge in [0, 0.05) is 105 Å². The number of rotatable bonds is 71. The summed E-state index contributed by atoms with van der Waals surface area (Å²) >= 11 is 0. The van der Waals surface area contributed by atoms with Crippen molar-refractivity contribution >= 4 is 35.7 Å². The highest BCUT2D eigenvalue weighted by molar-refractivity contribution is 5.77. The Bertz CT molecular complexity index is 1510. The number of esters is 4. The fourth-order valence-corrected chi connectivity index (χ4v) is 11.4. The van der Waals surface area contributed by atoms with Crippen molar-refractivity contribution in [2.75, 3.05) is 133 Å². The summed E-state index contributed by atoms with van der Waals surface area (Å²) in [7, 11) is 7.54. The highest BCUT2D eigenvalue weighted by atomic mass is 16.5. The van der Waals surface area contributed by atoms with Gasteiger partial charge in [0.05, 0.1) is 52.1 Å². The second-order valence-corrected chi connectivity index (χ2v) is 27.0. The van der Waals surface area contributed by atoms with E-state index in [2.05, 4.69) is 47.3 Å². The van der Waals surface area contributed by atoms with Crippen molar-refractivity contribution in [1.29, 1.82) is 0 Å². The lowest BCUT2D eigenvalue weighted by Crippen LogP contribution is -2.40. The summed E-state index contributed by atoms with van der Waals surface area (Å²) in [6.45, 7) is 17.2. The molecule has 0 bridgehead atoms. The number of nitrogens with zero attached hydrogens (tertiary/aromatic N) is 6. The Morgan fingerprint density at radius 3 is 0.620 bits per heavy atom. The summed E-state index contributed by atoms with van der Waals surface area (Å²) in [5.41, 5.74) is 0. The van der Waals surface area contributed by atoms with E-state index in [4.69, 9.17) is 18.9 Å². The van der Waals surface area contributed by atoms with E-state index in [1.54, 1.807) is 23.9 Å². The standard InChI is InChI=1S/C76H148N6O10/c1-9-13-17-21-25-29-33-37-41-45-67-89-73(85)51-57-81(58-52-74(86)90-68-46-42-38-34-30-26-22-18-14-10-2)65-61-77(5)55-49-71(83)79(7)63-64-80(8)72(84)50-56-78(6)62-66-82(59-53-75(87)91-69-47-43-39-35-31-27-23-19-15-11-3)60-54-76(88)92-70-48-44-40-36-32-28-24-20-16-12-4/h9-70H2,1-8H3. The molecule has 16 nitrogen and oxygen atoms in total. The van der Waals surface area contributed by atoms with Crippen LogP contribution in [-0.2, 0) is 47.7 Å². The number of carbonyl (C=O) groups excluding carboxylic acids is 6. The van der Waals surface area contributed by atoms with Crippen LogP contribution in [0.1, 0.15) is 323 Å². The average Bonchev–Trinajstić information content (AvgIpc) is 3.67. The molecule has 0 N–H and O–H groups in total. The molecule has 0 aromatic rings. The number of hydrogen-bond donors (Lipinski definition) is 0. The lowest BCUT2D eigenvalue weighted by molar-refractivity contribution is -0.146. The Hall–Kier alpha value is -3.34. The van der Waals surface area contributed by atoms with Crippen LogP contribution in [0.15, 0.2) is 0 Å². The molecule has 0 aliphatic heterocycles. The fraction of sp³-hybridized carbons (Fsp3) is 0.921. The van der Waals surface area contributed by atoms with Gasteiger partial charge in [-0.15, -0.1) is 0 Å². The topological polar surface area (TPSA) is 159 Å². The normalized spacial score (nSPS) is 11.6. The van der Waals surface area contributed by atoms with Crippen molar-refractivity contribution in [2.24, 2.45) is 0 Å². The van der Waals surface area contributed by atoms with Gasteiger partial charge in [0.2, 0.25) is 11.8 Å². The van der Waals surface area contributed by atoms with Crippen LogP contribution < -0.4 is 0 Å². The van der Waals surface area contributed by atoms with Gasteiger partial charge in [-0.2, -0.15) is 0 Å². The van der Waals surface area contributed by atoms with E-state index in [1.807, 2.05) is 14.1 Å². The minimum atomic E-state index is -0.210. The van der Waals surface area contributed by atoms with Crippen LogP contribution in [0.5, 0.6) is 0 Å². The highest BCUT2D eigenvalue weighted by Crippen LogP contribution is 2.15. The van der Waals surface area contributed by atoms with Gasteiger partial charge in [0.15, 0.2) is 0 Å². The minimum Gasteiger partial charge on any atom is -0.466 e.